The zero-order valence-electron chi connectivity index (χ0n) is 12.5. The summed E-state index contributed by atoms with van der Waals surface area (Å²) in [6, 6.07) is 5.48. The fourth-order valence-electron chi connectivity index (χ4n) is 2.22. The second kappa shape index (κ2) is 5.76. The molecule has 7 heteroatoms. The standard InChI is InChI=1S/C15H15N3O3S/c1-9-13(22-8-16-9)7-21-10-4-5-12-11(6-10)14(15(19)20-3)18(2)17-12/h4-6,8H,7H2,1-3H3. The van der Waals surface area contributed by atoms with Gasteiger partial charge in [-0.15, -0.1) is 11.3 Å². The van der Waals surface area contributed by atoms with E-state index >= 15 is 0 Å². The van der Waals surface area contributed by atoms with Gasteiger partial charge in [-0.3, -0.25) is 4.68 Å². The third kappa shape index (κ3) is 2.55. The van der Waals surface area contributed by atoms with Crippen LogP contribution in [-0.4, -0.2) is 27.8 Å². The maximum absolute atomic E-state index is 11.9. The Morgan fingerprint density at radius 1 is 1.41 bits per heavy atom. The summed E-state index contributed by atoms with van der Waals surface area (Å²) in [6.07, 6.45) is 0. The third-order valence-corrected chi connectivity index (χ3v) is 4.31. The Morgan fingerprint density at radius 3 is 2.91 bits per heavy atom. The molecule has 0 spiro atoms. The molecule has 2 aromatic heterocycles. The molecular formula is C15H15N3O3S. The van der Waals surface area contributed by atoms with Crippen LogP contribution < -0.4 is 4.74 Å². The average Bonchev–Trinajstić information content (AvgIpc) is 3.06. The number of aromatic nitrogens is 3. The van der Waals surface area contributed by atoms with Gasteiger partial charge in [-0.1, -0.05) is 0 Å². The third-order valence-electron chi connectivity index (χ3n) is 3.40. The lowest BCUT2D eigenvalue weighted by atomic mass is 10.2. The molecule has 0 aliphatic heterocycles. The second-order valence-corrected chi connectivity index (χ2v) is 5.73. The molecule has 0 saturated carbocycles. The number of ether oxygens (including phenoxy) is 2. The number of methoxy groups -OCH3 is 1. The summed E-state index contributed by atoms with van der Waals surface area (Å²) in [4.78, 5) is 17.2. The molecule has 0 saturated heterocycles. The summed E-state index contributed by atoms with van der Waals surface area (Å²) in [5, 5.41) is 5.02. The zero-order valence-corrected chi connectivity index (χ0v) is 13.3. The number of rotatable bonds is 4. The van der Waals surface area contributed by atoms with E-state index in [9.17, 15) is 4.79 Å². The Hall–Kier alpha value is -2.41. The molecule has 114 valence electrons. The number of carbonyl (C=O) groups is 1. The highest BCUT2D eigenvalue weighted by atomic mass is 32.1. The Kier molecular flexibility index (Phi) is 3.81. The van der Waals surface area contributed by atoms with Crippen LogP contribution in [0.3, 0.4) is 0 Å². The van der Waals surface area contributed by atoms with Gasteiger partial charge in [0.15, 0.2) is 5.69 Å². The van der Waals surface area contributed by atoms with Crippen molar-refractivity contribution in [3.05, 3.63) is 40.0 Å². The predicted molar refractivity (Wildman–Crippen MR) is 83.2 cm³/mol. The van der Waals surface area contributed by atoms with E-state index < -0.39 is 5.97 Å². The van der Waals surface area contributed by atoms with Gasteiger partial charge in [0, 0.05) is 12.4 Å². The summed E-state index contributed by atoms with van der Waals surface area (Å²) >= 11 is 1.56. The molecule has 0 aliphatic carbocycles. The highest BCUT2D eigenvalue weighted by Crippen LogP contribution is 2.25. The number of fused-ring (bicyclic) bond motifs is 1. The molecule has 1 aromatic carbocycles. The van der Waals surface area contributed by atoms with E-state index in [2.05, 4.69) is 10.1 Å². The Balaban J connectivity index is 1.91. The van der Waals surface area contributed by atoms with Crippen LogP contribution in [0.1, 0.15) is 21.1 Å². The second-order valence-electron chi connectivity index (χ2n) is 4.79. The Morgan fingerprint density at radius 2 is 2.23 bits per heavy atom. The van der Waals surface area contributed by atoms with E-state index in [-0.39, 0.29) is 0 Å². The van der Waals surface area contributed by atoms with E-state index in [1.54, 1.807) is 23.9 Å². The van der Waals surface area contributed by atoms with Gasteiger partial charge in [-0.05, 0) is 25.1 Å². The molecule has 6 nitrogen and oxygen atoms in total. The summed E-state index contributed by atoms with van der Waals surface area (Å²) in [6.45, 7) is 2.41. The van der Waals surface area contributed by atoms with Crippen LogP contribution in [0.4, 0.5) is 0 Å². The van der Waals surface area contributed by atoms with Gasteiger partial charge in [0.2, 0.25) is 0 Å². The molecule has 3 aromatic rings. The van der Waals surface area contributed by atoms with Crippen LogP contribution in [0.2, 0.25) is 0 Å². The first-order chi connectivity index (χ1) is 10.6. The summed E-state index contributed by atoms with van der Waals surface area (Å²) < 4.78 is 12.1. The minimum Gasteiger partial charge on any atom is -0.488 e. The SMILES string of the molecule is COC(=O)c1c2cc(OCc3scnc3C)ccc2nn1C. The molecule has 0 bridgehead atoms. The number of nitrogens with zero attached hydrogens (tertiary/aromatic N) is 3. The minimum atomic E-state index is -0.416. The maximum atomic E-state index is 11.9. The molecular weight excluding hydrogens is 302 g/mol. The number of carbonyl (C=O) groups excluding carboxylic acids is 1. The van der Waals surface area contributed by atoms with Crippen molar-refractivity contribution in [3.63, 3.8) is 0 Å². The Labute approximate surface area is 131 Å². The largest absolute Gasteiger partial charge is 0.488 e. The average molecular weight is 317 g/mol. The lowest BCUT2D eigenvalue weighted by Gasteiger charge is -2.05. The monoisotopic (exact) mass is 317 g/mol. The normalized spacial score (nSPS) is 10.9. The van der Waals surface area contributed by atoms with Crippen LogP contribution in [-0.2, 0) is 18.4 Å². The first kappa shape index (κ1) is 14.5. The number of aryl methyl sites for hydroxylation is 2. The smallest absolute Gasteiger partial charge is 0.356 e. The molecule has 0 amide bonds. The molecule has 3 rings (SSSR count). The van der Waals surface area contributed by atoms with E-state index in [0.29, 0.717) is 23.4 Å². The summed E-state index contributed by atoms with van der Waals surface area (Å²) in [7, 11) is 3.07. The molecule has 0 N–H and O–H groups in total. The fraction of sp³-hybridized carbons (Fsp3) is 0.267. The van der Waals surface area contributed by atoms with E-state index in [0.717, 1.165) is 16.1 Å². The van der Waals surface area contributed by atoms with Gasteiger partial charge in [0.25, 0.3) is 0 Å². The number of hydrogen-bond acceptors (Lipinski definition) is 6. The maximum Gasteiger partial charge on any atom is 0.356 e. The van der Waals surface area contributed by atoms with Crippen molar-refractivity contribution < 1.29 is 14.3 Å². The molecule has 0 atom stereocenters. The minimum absolute atomic E-state index is 0.414. The van der Waals surface area contributed by atoms with Crippen molar-refractivity contribution in [3.8, 4) is 5.75 Å². The van der Waals surface area contributed by atoms with Crippen LogP contribution in [0.25, 0.3) is 10.9 Å². The van der Waals surface area contributed by atoms with Crippen LogP contribution in [0.15, 0.2) is 23.7 Å². The number of hydrogen-bond donors (Lipinski definition) is 0. The van der Waals surface area contributed by atoms with Crippen molar-refractivity contribution in [2.24, 2.45) is 7.05 Å². The van der Waals surface area contributed by atoms with Gasteiger partial charge in [0.05, 0.1) is 28.7 Å². The first-order valence-corrected chi connectivity index (χ1v) is 7.55. The van der Waals surface area contributed by atoms with Crippen molar-refractivity contribution in [2.75, 3.05) is 7.11 Å². The van der Waals surface area contributed by atoms with Gasteiger partial charge in [-0.25, -0.2) is 9.78 Å². The van der Waals surface area contributed by atoms with Gasteiger partial charge in [0.1, 0.15) is 12.4 Å². The fourth-order valence-corrected chi connectivity index (χ4v) is 2.91. The van der Waals surface area contributed by atoms with Gasteiger partial charge >= 0.3 is 5.97 Å². The number of thiazole rings is 1. The topological polar surface area (TPSA) is 66.2 Å². The molecule has 0 aliphatic rings. The number of benzene rings is 1. The van der Waals surface area contributed by atoms with Crippen molar-refractivity contribution in [2.45, 2.75) is 13.5 Å². The van der Waals surface area contributed by atoms with E-state index in [1.165, 1.54) is 11.8 Å². The number of esters is 1. The molecule has 0 radical (unpaired) electrons. The van der Waals surface area contributed by atoms with Crippen molar-refractivity contribution in [1.29, 1.82) is 0 Å². The van der Waals surface area contributed by atoms with Gasteiger partial charge < -0.3 is 9.47 Å². The summed E-state index contributed by atoms with van der Waals surface area (Å²) in [5.74, 6) is 0.263. The quantitative estimate of drug-likeness (QED) is 0.692. The predicted octanol–water partition coefficient (Wildman–Crippen LogP) is 2.70. The molecule has 2 heterocycles. The van der Waals surface area contributed by atoms with Crippen LogP contribution in [0.5, 0.6) is 5.75 Å². The van der Waals surface area contributed by atoms with Crippen LogP contribution >= 0.6 is 11.3 Å². The van der Waals surface area contributed by atoms with E-state index in [1.807, 2.05) is 25.1 Å². The zero-order chi connectivity index (χ0) is 15.7. The molecule has 0 fully saturated rings. The first-order valence-electron chi connectivity index (χ1n) is 6.67. The van der Waals surface area contributed by atoms with Crippen LogP contribution in [0, 0.1) is 6.92 Å². The van der Waals surface area contributed by atoms with Crippen molar-refractivity contribution in [1.82, 2.24) is 14.8 Å². The Bertz CT molecular complexity index is 838. The van der Waals surface area contributed by atoms with E-state index in [4.69, 9.17) is 9.47 Å². The highest BCUT2D eigenvalue weighted by Gasteiger charge is 2.17. The molecule has 22 heavy (non-hydrogen) atoms. The lowest BCUT2D eigenvalue weighted by Crippen LogP contribution is -2.08. The lowest BCUT2D eigenvalue weighted by molar-refractivity contribution is 0.0590. The summed E-state index contributed by atoms with van der Waals surface area (Å²) in [5.41, 5.74) is 3.91. The van der Waals surface area contributed by atoms with Crippen molar-refractivity contribution >= 4 is 28.2 Å². The molecule has 0 unspecified atom stereocenters. The highest BCUT2D eigenvalue weighted by molar-refractivity contribution is 7.09. The van der Waals surface area contributed by atoms with Gasteiger partial charge in [-0.2, -0.15) is 5.10 Å².